The first kappa shape index (κ1) is 17.6. The molecule has 1 aromatic rings. The summed E-state index contributed by atoms with van der Waals surface area (Å²) in [7, 11) is 3.21. The lowest BCUT2D eigenvalue weighted by Crippen LogP contribution is -2.31. The van der Waals surface area contributed by atoms with E-state index in [1.807, 2.05) is 12.1 Å². The normalized spacial score (nSPS) is 21.6. The van der Waals surface area contributed by atoms with Crippen LogP contribution >= 0.6 is 0 Å². The van der Waals surface area contributed by atoms with E-state index in [1.165, 1.54) is 0 Å². The monoisotopic (exact) mass is 319 g/mol. The van der Waals surface area contributed by atoms with Crippen LogP contribution in [0.15, 0.2) is 18.2 Å². The topological polar surface area (TPSA) is 47.6 Å². The van der Waals surface area contributed by atoms with Gasteiger partial charge < -0.3 is 14.8 Å². The number of carbonyl (C=O) groups excluding carboxylic acids is 1. The molecule has 1 aromatic carbocycles. The van der Waals surface area contributed by atoms with Crippen LogP contribution in [-0.2, 0) is 4.79 Å². The molecule has 0 atom stereocenters. The van der Waals surface area contributed by atoms with Gasteiger partial charge in [0.05, 0.1) is 19.9 Å². The zero-order chi connectivity index (χ0) is 17.0. The molecule has 4 nitrogen and oxygen atoms in total. The van der Waals surface area contributed by atoms with Crippen molar-refractivity contribution >= 4 is 11.6 Å². The Balaban J connectivity index is 1.98. The van der Waals surface area contributed by atoms with Gasteiger partial charge in [0.1, 0.15) is 11.5 Å². The van der Waals surface area contributed by atoms with E-state index in [1.54, 1.807) is 20.3 Å². The smallest absolute Gasteiger partial charge is 0.227 e. The van der Waals surface area contributed by atoms with Crippen molar-refractivity contribution in [1.29, 1.82) is 0 Å². The first-order chi connectivity index (χ1) is 10.8. The number of nitrogens with one attached hydrogen (secondary N) is 1. The zero-order valence-corrected chi connectivity index (χ0v) is 14.9. The lowest BCUT2D eigenvalue weighted by Gasteiger charge is -2.36. The van der Waals surface area contributed by atoms with Gasteiger partial charge in [-0.3, -0.25) is 4.79 Å². The van der Waals surface area contributed by atoms with Gasteiger partial charge in [0.2, 0.25) is 5.91 Å². The summed E-state index contributed by atoms with van der Waals surface area (Å²) in [6, 6.07) is 5.44. The average molecular weight is 319 g/mol. The van der Waals surface area contributed by atoms with Crippen molar-refractivity contribution in [3.8, 4) is 11.5 Å². The summed E-state index contributed by atoms with van der Waals surface area (Å²) in [5.74, 6) is 2.25. The Morgan fingerprint density at radius 3 is 2.26 bits per heavy atom. The van der Waals surface area contributed by atoms with Gasteiger partial charge in [-0.25, -0.2) is 0 Å². The van der Waals surface area contributed by atoms with Crippen molar-refractivity contribution in [2.75, 3.05) is 19.5 Å². The second kappa shape index (κ2) is 7.24. The van der Waals surface area contributed by atoms with Crippen molar-refractivity contribution < 1.29 is 14.3 Å². The number of hydrogen-bond donors (Lipinski definition) is 1. The fourth-order valence-corrected chi connectivity index (χ4v) is 3.36. The van der Waals surface area contributed by atoms with Gasteiger partial charge in [0, 0.05) is 12.0 Å². The van der Waals surface area contributed by atoms with Crippen molar-refractivity contribution in [3.05, 3.63) is 18.2 Å². The van der Waals surface area contributed by atoms with Crippen molar-refractivity contribution in [2.24, 2.45) is 17.3 Å². The molecule has 23 heavy (non-hydrogen) atoms. The third kappa shape index (κ3) is 4.40. The maximum Gasteiger partial charge on any atom is 0.227 e. The molecular formula is C19H29NO3. The molecule has 2 rings (SSSR count). The highest BCUT2D eigenvalue weighted by atomic mass is 16.5. The molecule has 1 aliphatic carbocycles. The minimum Gasteiger partial charge on any atom is -0.497 e. The Kier molecular flexibility index (Phi) is 5.55. The number of methoxy groups -OCH3 is 2. The molecule has 0 saturated heterocycles. The average Bonchev–Trinajstić information content (AvgIpc) is 2.54. The van der Waals surface area contributed by atoms with Gasteiger partial charge in [-0.15, -0.1) is 0 Å². The van der Waals surface area contributed by atoms with Gasteiger partial charge >= 0.3 is 0 Å². The van der Waals surface area contributed by atoms with Crippen LogP contribution in [0.4, 0.5) is 5.69 Å². The Labute approximate surface area is 139 Å². The summed E-state index contributed by atoms with van der Waals surface area (Å²) in [6.45, 7) is 6.88. The molecule has 1 aliphatic rings. The van der Waals surface area contributed by atoms with E-state index < -0.39 is 0 Å². The quantitative estimate of drug-likeness (QED) is 0.889. The summed E-state index contributed by atoms with van der Waals surface area (Å²) in [5, 5.41) is 3.02. The minimum absolute atomic E-state index is 0.0976. The van der Waals surface area contributed by atoms with Crippen LogP contribution in [-0.4, -0.2) is 20.1 Å². The fraction of sp³-hybridized carbons (Fsp3) is 0.632. The first-order valence-corrected chi connectivity index (χ1v) is 8.38. The first-order valence-electron chi connectivity index (χ1n) is 8.38. The highest BCUT2D eigenvalue weighted by molar-refractivity contribution is 5.94. The second-order valence-electron chi connectivity index (χ2n) is 7.47. The lowest BCUT2D eigenvalue weighted by atomic mass is 9.69. The van der Waals surface area contributed by atoms with Gasteiger partial charge in [0.15, 0.2) is 0 Å². The summed E-state index contributed by atoms with van der Waals surface area (Å²) in [4.78, 5) is 12.5. The molecule has 1 amide bonds. The van der Waals surface area contributed by atoms with E-state index in [9.17, 15) is 4.79 Å². The van der Waals surface area contributed by atoms with Gasteiger partial charge in [-0.1, -0.05) is 20.8 Å². The van der Waals surface area contributed by atoms with Crippen LogP contribution in [0.25, 0.3) is 0 Å². The predicted octanol–water partition coefficient (Wildman–Crippen LogP) is 4.49. The van der Waals surface area contributed by atoms with Crippen LogP contribution in [0.3, 0.4) is 0 Å². The van der Waals surface area contributed by atoms with Gasteiger partial charge in [-0.2, -0.15) is 0 Å². The largest absolute Gasteiger partial charge is 0.497 e. The molecular weight excluding hydrogens is 290 g/mol. The summed E-state index contributed by atoms with van der Waals surface area (Å²) in [5.41, 5.74) is 1.04. The number of carbonyl (C=O) groups is 1. The van der Waals surface area contributed by atoms with Crippen LogP contribution in [0.1, 0.15) is 46.5 Å². The van der Waals surface area contributed by atoms with Crippen molar-refractivity contribution in [1.82, 2.24) is 0 Å². The molecule has 128 valence electrons. The molecule has 0 aliphatic heterocycles. The predicted molar refractivity (Wildman–Crippen MR) is 93.1 cm³/mol. The number of anilines is 1. The standard InChI is InChI=1S/C19H29NO3/c1-19(2,3)14-8-6-13(7-9-14)18(21)20-16-11-10-15(22-4)12-17(16)23-5/h10-14H,6-9H2,1-5H3,(H,20,21). The Bertz CT molecular complexity index is 540. The molecule has 1 fully saturated rings. The molecule has 0 radical (unpaired) electrons. The van der Waals surface area contributed by atoms with E-state index >= 15 is 0 Å². The lowest BCUT2D eigenvalue weighted by molar-refractivity contribution is -0.121. The van der Waals surface area contributed by atoms with E-state index in [0.29, 0.717) is 28.5 Å². The Hall–Kier alpha value is -1.71. The summed E-state index contributed by atoms with van der Waals surface area (Å²) in [6.07, 6.45) is 4.18. The van der Waals surface area contributed by atoms with Crippen molar-refractivity contribution in [3.63, 3.8) is 0 Å². The van der Waals surface area contributed by atoms with E-state index in [4.69, 9.17) is 9.47 Å². The maximum atomic E-state index is 12.5. The molecule has 0 unspecified atom stereocenters. The molecule has 4 heteroatoms. The highest BCUT2D eigenvalue weighted by Gasteiger charge is 2.32. The van der Waals surface area contributed by atoms with E-state index in [2.05, 4.69) is 26.1 Å². The number of rotatable bonds is 4. The fourth-order valence-electron chi connectivity index (χ4n) is 3.36. The van der Waals surface area contributed by atoms with Gasteiger partial charge in [-0.05, 0) is 49.1 Å². The third-order valence-electron chi connectivity index (χ3n) is 4.99. The Morgan fingerprint density at radius 1 is 1.09 bits per heavy atom. The molecule has 0 heterocycles. The molecule has 0 bridgehead atoms. The van der Waals surface area contributed by atoms with Crippen molar-refractivity contribution in [2.45, 2.75) is 46.5 Å². The highest BCUT2D eigenvalue weighted by Crippen LogP contribution is 2.40. The molecule has 0 spiro atoms. The number of ether oxygens (including phenoxy) is 2. The van der Waals surface area contributed by atoms with E-state index in [0.717, 1.165) is 25.7 Å². The third-order valence-corrected chi connectivity index (χ3v) is 4.99. The van der Waals surface area contributed by atoms with Crippen LogP contribution in [0.2, 0.25) is 0 Å². The summed E-state index contributed by atoms with van der Waals surface area (Å²) >= 11 is 0. The number of amides is 1. The number of benzene rings is 1. The maximum absolute atomic E-state index is 12.5. The van der Waals surface area contributed by atoms with E-state index in [-0.39, 0.29) is 11.8 Å². The van der Waals surface area contributed by atoms with Crippen LogP contribution in [0.5, 0.6) is 11.5 Å². The van der Waals surface area contributed by atoms with Crippen LogP contribution in [0, 0.1) is 17.3 Å². The van der Waals surface area contributed by atoms with Gasteiger partial charge in [0.25, 0.3) is 0 Å². The summed E-state index contributed by atoms with van der Waals surface area (Å²) < 4.78 is 10.5. The van der Waals surface area contributed by atoms with Crippen LogP contribution < -0.4 is 14.8 Å². The molecule has 0 aromatic heterocycles. The number of hydrogen-bond acceptors (Lipinski definition) is 3. The SMILES string of the molecule is COc1ccc(NC(=O)C2CCC(C(C)(C)C)CC2)c(OC)c1. The minimum atomic E-state index is 0.0976. The molecule has 1 saturated carbocycles. The zero-order valence-electron chi connectivity index (χ0n) is 14.9. The molecule has 1 N–H and O–H groups in total. The second-order valence-corrected chi connectivity index (χ2v) is 7.47. The Morgan fingerprint density at radius 2 is 1.74 bits per heavy atom.